The van der Waals surface area contributed by atoms with Crippen LogP contribution in [0.1, 0.15) is 36.8 Å². The first-order valence-electron chi connectivity index (χ1n) is 9.88. The highest BCUT2D eigenvalue weighted by atomic mass is 32.2. The molecule has 0 unspecified atom stereocenters. The Hall–Kier alpha value is -2.64. The Morgan fingerprint density at radius 3 is 2.57 bits per heavy atom. The minimum absolute atomic E-state index is 0.0371. The zero-order valence-corrected chi connectivity index (χ0v) is 18.2. The molecule has 30 heavy (non-hydrogen) atoms. The number of phenols is 1. The van der Waals surface area contributed by atoms with E-state index in [1.807, 2.05) is 36.4 Å². The van der Waals surface area contributed by atoms with E-state index in [0.29, 0.717) is 34.3 Å². The van der Waals surface area contributed by atoms with E-state index in [-0.39, 0.29) is 17.6 Å². The average molecular weight is 441 g/mol. The molecule has 0 saturated carbocycles. The molecular weight excluding hydrogens is 416 g/mol. The number of hydrogen-bond acceptors (Lipinski definition) is 5. The number of benzene rings is 2. The lowest BCUT2D eigenvalue weighted by molar-refractivity contribution is -0.123. The van der Waals surface area contributed by atoms with Gasteiger partial charge in [-0.2, -0.15) is 0 Å². The molecule has 0 atom stereocenters. The van der Waals surface area contributed by atoms with Crippen LogP contribution in [0.4, 0.5) is 0 Å². The van der Waals surface area contributed by atoms with Gasteiger partial charge in [0.1, 0.15) is 10.1 Å². The van der Waals surface area contributed by atoms with E-state index in [9.17, 15) is 14.7 Å². The number of amides is 2. The monoisotopic (exact) mass is 440 g/mol. The number of carbonyl (C=O) groups is 2. The van der Waals surface area contributed by atoms with Crippen molar-refractivity contribution in [3.63, 3.8) is 0 Å². The molecule has 7 heteroatoms. The quantitative estimate of drug-likeness (QED) is 0.342. The topological polar surface area (TPSA) is 69.6 Å². The molecule has 0 bridgehead atoms. The van der Waals surface area contributed by atoms with Crippen LogP contribution >= 0.6 is 24.0 Å². The van der Waals surface area contributed by atoms with Crippen molar-refractivity contribution in [1.29, 1.82) is 0 Å². The SMILES string of the molecule is O=C(CCCCCN1C(=O)/C(=C/c2ccccc2O)SC1=S)NCc1ccccc1. The summed E-state index contributed by atoms with van der Waals surface area (Å²) in [6.45, 7) is 1.08. The molecule has 0 radical (unpaired) electrons. The number of nitrogens with one attached hydrogen (secondary N) is 1. The molecule has 2 aromatic carbocycles. The third-order valence-electron chi connectivity index (χ3n) is 4.72. The molecule has 1 aliphatic rings. The predicted octanol–water partition coefficient (Wildman–Crippen LogP) is 4.47. The van der Waals surface area contributed by atoms with Crippen LogP contribution in [-0.4, -0.2) is 32.7 Å². The van der Waals surface area contributed by atoms with Gasteiger partial charge in [-0.1, -0.05) is 78.9 Å². The van der Waals surface area contributed by atoms with Crippen LogP contribution in [0.25, 0.3) is 6.08 Å². The highest BCUT2D eigenvalue weighted by Crippen LogP contribution is 2.34. The maximum atomic E-state index is 12.6. The van der Waals surface area contributed by atoms with E-state index in [4.69, 9.17) is 12.2 Å². The maximum absolute atomic E-state index is 12.6. The number of thioether (sulfide) groups is 1. The summed E-state index contributed by atoms with van der Waals surface area (Å²) in [5.41, 5.74) is 1.68. The minimum atomic E-state index is -0.131. The summed E-state index contributed by atoms with van der Waals surface area (Å²) in [6, 6.07) is 16.7. The number of nitrogens with zero attached hydrogens (tertiary/aromatic N) is 1. The van der Waals surface area contributed by atoms with Crippen molar-refractivity contribution in [2.24, 2.45) is 0 Å². The van der Waals surface area contributed by atoms with Crippen LogP contribution < -0.4 is 5.32 Å². The van der Waals surface area contributed by atoms with Crippen LogP contribution in [0, 0.1) is 0 Å². The molecule has 1 fully saturated rings. The second-order valence-corrected chi connectivity index (χ2v) is 8.64. The Bertz CT molecular complexity index is 944. The standard InChI is InChI=1S/C23H24N2O3S2/c26-19-12-7-6-11-18(19)15-20-22(28)25(23(29)30-20)14-8-2-5-13-21(27)24-16-17-9-3-1-4-10-17/h1,3-4,6-7,9-12,15,26H,2,5,8,13-14,16H2,(H,24,27)/b20-15-. The average Bonchev–Trinajstić information content (AvgIpc) is 3.01. The molecule has 1 heterocycles. The van der Waals surface area contributed by atoms with Crippen LogP contribution in [0.3, 0.4) is 0 Å². The number of phenolic OH excluding ortho intramolecular Hbond substituents is 1. The molecule has 5 nitrogen and oxygen atoms in total. The predicted molar refractivity (Wildman–Crippen MR) is 125 cm³/mol. The summed E-state index contributed by atoms with van der Waals surface area (Å²) in [5, 5.41) is 12.8. The van der Waals surface area contributed by atoms with Crippen molar-refractivity contribution in [3.05, 3.63) is 70.6 Å². The summed E-state index contributed by atoms with van der Waals surface area (Å²) in [7, 11) is 0. The third-order valence-corrected chi connectivity index (χ3v) is 6.09. The number of rotatable bonds is 9. The van der Waals surface area contributed by atoms with Gasteiger partial charge in [0.25, 0.3) is 5.91 Å². The van der Waals surface area contributed by atoms with Crippen LogP contribution in [0.5, 0.6) is 5.75 Å². The zero-order valence-electron chi connectivity index (χ0n) is 16.5. The Kier molecular flexibility index (Phi) is 8.04. The molecule has 2 aromatic rings. The van der Waals surface area contributed by atoms with Gasteiger partial charge in [0.2, 0.25) is 5.91 Å². The highest BCUT2D eigenvalue weighted by Gasteiger charge is 2.31. The van der Waals surface area contributed by atoms with Gasteiger partial charge in [-0.3, -0.25) is 14.5 Å². The fraction of sp³-hybridized carbons (Fsp3) is 0.261. The van der Waals surface area contributed by atoms with Crippen LogP contribution in [0.15, 0.2) is 59.5 Å². The molecule has 3 rings (SSSR count). The van der Waals surface area contributed by atoms with Gasteiger partial charge in [-0.25, -0.2) is 0 Å². The van der Waals surface area contributed by atoms with Crippen molar-refractivity contribution in [2.75, 3.05) is 6.54 Å². The van der Waals surface area contributed by atoms with Crippen LogP contribution in [0.2, 0.25) is 0 Å². The van der Waals surface area contributed by atoms with Gasteiger partial charge in [-0.05, 0) is 30.5 Å². The van der Waals surface area contributed by atoms with E-state index < -0.39 is 0 Å². The Morgan fingerprint density at radius 1 is 1.07 bits per heavy atom. The largest absolute Gasteiger partial charge is 0.507 e. The first kappa shape index (κ1) is 22.1. The lowest BCUT2D eigenvalue weighted by Crippen LogP contribution is -2.29. The van der Waals surface area contributed by atoms with Gasteiger partial charge in [-0.15, -0.1) is 0 Å². The molecule has 1 aliphatic heterocycles. The number of hydrogen-bond donors (Lipinski definition) is 2. The van der Waals surface area contributed by atoms with Gasteiger partial charge in [0.15, 0.2) is 0 Å². The number of carbonyl (C=O) groups excluding carboxylic acids is 2. The van der Waals surface area contributed by atoms with Crippen molar-refractivity contribution in [1.82, 2.24) is 10.2 Å². The van der Waals surface area contributed by atoms with Gasteiger partial charge in [0.05, 0.1) is 4.91 Å². The number of thiocarbonyl (C=S) groups is 1. The molecule has 156 valence electrons. The fourth-order valence-electron chi connectivity index (χ4n) is 3.06. The molecule has 0 aliphatic carbocycles. The highest BCUT2D eigenvalue weighted by molar-refractivity contribution is 8.26. The van der Waals surface area contributed by atoms with E-state index in [1.165, 1.54) is 11.8 Å². The van der Waals surface area contributed by atoms with Crippen molar-refractivity contribution < 1.29 is 14.7 Å². The smallest absolute Gasteiger partial charge is 0.266 e. The molecule has 2 N–H and O–H groups in total. The summed E-state index contributed by atoms with van der Waals surface area (Å²) in [5.74, 6) is 0.0391. The van der Waals surface area contributed by atoms with Crippen molar-refractivity contribution >= 4 is 46.2 Å². The molecule has 1 saturated heterocycles. The Labute approximate surface area is 186 Å². The van der Waals surface area contributed by atoms with E-state index >= 15 is 0 Å². The molecule has 0 spiro atoms. The Morgan fingerprint density at radius 2 is 1.80 bits per heavy atom. The van der Waals surface area contributed by atoms with Crippen LogP contribution in [-0.2, 0) is 16.1 Å². The van der Waals surface area contributed by atoms with Crippen molar-refractivity contribution in [3.8, 4) is 5.75 Å². The van der Waals surface area contributed by atoms with Gasteiger partial charge < -0.3 is 10.4 Å². The number of aromatic hydroxyl groups is 1. The lowest BCUT2D eigenvalue weighted by atomic mass is 10.1. The summed E-state index contributed by atoms with van der Waals surface area (Å²) < 4.78 is 0.530. The van der Waals surface area contributed by atoms with Gasteiger partial charge >= 0.3 is 0 Å². The first-order chi connectivity index (χ1) is 14.5. The fourth-order valence-corrected chi connectivity index (χ4v) is 4.36. The summed E-state index contributed by atoms with van der Waals surface area (Å²) in [6.07, 6.45) is 4.53. The number of unbranched alkanes of at least 4 members (excludes halogenated alkanes) is 2. The summed E-state index contributed by atoms with van der Waals surface area (Å²) in [4.78, 5) is 26.7. The van der Waals surface area contributed by atoms with E-state index in [0.717, 1.165) is 24.8 Å². The molecular formula is C23H24N2O3S2. The minimum Gasteiger partial charge on any atom is -0.507 e. The second-order valence-electron chi connectivity index (χ2n) is 6.97. The zero-order chi connectivity index (χ0) is 21.3. The molecule has 0 aromatic heterocycles. The summed E-state index contributed by atoms with van der Waals surface area (Å²) >= 11 is 6.60. The normalized spacial score (nSPS) is 15.1. The lowest BCUT2D eigenvalue weighted by Gasteiger charge is -2.14. The van der Waals surface area contributed by atoms with Gasteiger partial charge in [0, 0.05) is 25.1 Å². The van der Waals surface area contributed by atoms with E-state index in [2.05, 4.69) is 5.32 Å². The van der Waals surface area contributed by atoms with Crippen molar-refractivity contribution in [2.45, 2.75) is 32.2 Å². The van der Waals surface area contributed by atoms with E-state index in [1.54, 1.807) is 29.2 Å². The third kappa shape index (κ3) is 6.18. The Balaban J connectivity index is 1.38. The molecule has 2 amide bonds. The maximum Gasteiger partial charge on any atom is 0.266 e. The second kappa shape index (κ2) is 10.9. The number of para-hydroxylation sites is 1. The first-order valence-corrected chi connectivity index (χ1v) is 11.1.